The minimum absolute atomic E-state index is 0.111. The van der Waals surface area contributed by atoms with Crippen LogP contribution in [0.25, 0.3) is 0 Å². The van der Waals surface area contributed by atoms with E-state index in [0.29, 0.717) is 5.88 Å². The molecule has 0 aromatic carbocycles. The third-order valence-corrected chi connectivity index (χ3v) is 4.29. The van der Waals surface area contributed by atoms with Crippen LogP contribution in [0.2, 0.25) is 10.3 Å². The Hall–Kier alpha value is -1.57. The van der Waals surface area contributed by atoms with E-state index < -0.39 is 10.0 Å². The second kappa shape index (κ2) is 5.82. The fourth-order valence-corrected chi connectivity index (χ4v) is 3.08. The van der Waals surface area contributed by atoms with Gasteiger partial charge in [-0.2, -0.15) is 0 Å². The summed E-state index contributed by atoms with van der Waals surface area (Å²) in [5.41, 5.74) is 0.275. The van der Waals surface area contributed by atoms with Crippen LogP contribution in [0.15, 0.2) is 35.4 Å². The Morgan fingerprint density at radius 2 is 1.95 bits per heavy atom. The Kier molecular flexibility index (Phi) is 4.32. The van der Waals surface area contributed by atoms with Gasteiger partial charge in [0.15, 0.2) is 5.15 Å². The van der Waals surface area contributed by atoms with Gasteiger partial charge >= 0.3 is 0 Å². The maximum Gasteiger partial charge on any atom is 0.265 e. The quantitative estimate of drug-likeness (QED) is 0.869. The molecule has 0 fully saturated rings. The predicted molar refractivity (Wildman–Crippen MR) is 75.9 cm³/mol. The molecule has 0 amide bonds. The summed E-state index contributed by atoms with van der Waals surface area (Å²) >= 11 is 11.4. The SMILES string of the molecule is COc1ccc(NS(=O)(=O)c2ccc(Cl)nc2Cl)cn1. The number of aromatic nitrogens is 2. The summed E-state index contributed by atoms with van der Waals surface area (Å²) in [7, 11) is -2.40. The predicted octanol–water partition coefficient (Wildman–Crippen LogP) is 2.59. The third-order valence-electron chi connectivity index (χ3n) is 2.27. The topological polar surface area (TPSA) is 81.2 Å². The lowest BCUT2D eigenvalue weighted by Gasteiger charge is -2.09. The van der Waals surface area contributed by atoms with Gasteiger partial charge in [-0.3, -0.25) is 4.72 Å². The molecule has 0 spiro atoms. The number of halogens is 2. The molecular weight excluding hydrogens is 325 g/mol. The number of nitrogens with zero attached hydrogens (tertiary/aromatic N) is 2. The molecule has 2 heterocycles. The number of hydrogen-bond acceptors (Lipinski definition) is 5. The van der Waals surface area contributed by atoms with Crippen LogP contribution in [0, 0.1) is 0 Å². The van der Waals surface area contributed by atoms with Gasteiger partial charge in [-0.05, 0) is 18.2 Å². The van der Waals surface area contributed by atoms with Gasteiger partial charge in [0.05, 0.1) is 19.0 Å². The van der Waals surface area contributed by atoms with Gasteiger partial charge in [0.1, 0.15) is 10.0 Å². The van der Waals surface area contributed by atoms with E-state index in [0.717, 1.165) is 0 Å². The Bertz CT molecular complexity index is 720. The van der Waals surface area contributed by atoms with Crippen molar-refractivity contribution in [2.24, 2.45) is 0 Å². The zero-order chi connectivity index (χ0) is 14.8. The summed E-state index contributed by atoms with van der Waals surface area (Å²) in [4.78, 5) is 7.41. The molecule has 1 N–H and O–H groups in total. The highest BCUT2D eigenvalue weighted by Crippen LogP contribution is 2.24. The van der Waals surface area contributed by atoms with E-state index in [1.54, 1.807) is 0 Å². The van der Waals surface area contributed by atoms with Gasteiger partial charge in [-0.25, -0.2) is 18.4 Å². The van der Waals surface area contributed by atoms with E-state index in [2.05, 4.69) is 14.7 Å². The van der Waals surface area contributed by atoms with Crippen LogP contribution in [-0.4, -0.2) is 25.5 Å². The van der Waals surface area contributed by atoms with E-state index >= 15 is 0 Å². The first kappa shape index (κ1) is 14.8. The number of anilines is 1. The average Bonchev–Trinajstić information content (AvgIpc) is 2.38. The van der Waals surface area contributed by atoms with Crippen molar-refractivity contribution in [1.82, 2.24) is 9.97 Å². The molecule has 9 heteroatoms. The van der Waals surface area contributed by atoms with Gasteiger partial charge < -0.3 is 4.74 Å². The fourth-order valence-electron chi connectivity index (χ4n) is 1.37. The van der Waals surface area contributed by atoms with Crippen LogP contribution >= 0.6 is 23.2 Å². The van der Waals surface area contributed by atoms with Crippen molar-refractivity contribution in [3.63, 3.8) is 0 Å². The van der Waals surface area contributed by atoms with Crippen molar-refractivity contribution in [2.45, 2.75) is 4.90 Å². The zero-order valence-electron chi connectivity index (χ0n) is 10.2. The highest BCUT2D eigenvalue weighted by molar-refractivity contribution is 7.92. The van der Waals surface area contributed by atoms with Crippen LogP contribution < -0.4 is 9.46 Å². The van der Waals surface area contributed by atoms with Crippen LogP contribution in [-0.2, 0) is 10.0 Å². The minimum Gasteiger partial charge on any atom is -0.481 e. The van der Waals surface area contributed by atoms with Crippen molar-refractivity contribution in [3.05, 3.63) is 40.8 Å². The molecule has 2 aromatic rings. The molecule has 6 nitrogen and oxygen atoms in total. The monoisotopic (exact) mass is 333 g/mol. The first-order valence-electron chi connectivity index (χ1n) is 5.27. The molecule has 0 aliphatic carbocycles. The number of ether oxygens (including phenoxy) is 1. The molecule has 2 rings (SSSR count). The lowest BCUT2D eigenvalue weighted by molar-refractivity contribution is 0.398. The second-order valence-corrected chi connectivity index (χ2v) is 6.01. The number of nitrogens with one attached hydrogen (secondary N) is 1. The Labute approximate surface area is 125 Å². The van der Waals surface area contributed by atoms with Crippen molar-refractivity contribution >= 4 is 38.9 Å². The Balaban J connectivity index is 2.30. The van der Waals surface area contributed by atoms with Crippen molar-refractivity contribution in [1.29, 1.82) is 0 Å². The number of rotatable bonds is 4. The summed E-state index contributed by atoms with van der Waals surface area (Å²) in [5.74, 6) is 0.374. The molecule has 0 atom stereocenters. The highest BCUT2D eigenvalue weighted by atomic mass is 35.5. The summed E-state index contributed by atoms with van der Waals surface area (Å²) < 4.78 is 31.5. The Morgan fingerprint density at radius 3 is 2.50 bits per heavy atom. The largest absolute Gasteiger partial charge is 0.481 e. The molecule has 20 heavy (non-hydrogen) atoms. The highest BCUT2D eigenvalue weighted by Gasteiger charge is 2.19. The minimum atomic E-state index is -3.86. The van der Waals surface area contributed by atoms with Gasteiger partial charge in [0, 0.05) is 6.07 Å². The second-order valence-electron chi connectivity index (χ2n) is 3.62. The Morgan fingerprint density at radius 1 is 1.20 bits per heavy atom. The smallest absolute Gasteiger partial charge is 0.265 e. The van der Waals surface area contributed by atoms with E-state index in [1.807, 2.05) is 0 Å². The number of methoxy groups -OCH3 is 1. The first-order chi connectivity index (χ1) is 9.42. The van der Waals surface area contributed by atoms with E-state index in [4.69, 9.17) is 27.9 Å². The molecule has 0 aliphatic rings. The average molecular weight is 334 g/mol. The lowest BCUT2D eigenvalue weighted by Crippen LogP contribution is -2.14. The van der Waals surface area contributed by atoms with E-state index in [9.17, 15) is 8.42 Å². The molecule has 2 aromatic heterocycles. The van der Waals surface area contributed by atoms with E-state index in [-0.39, 0.29) is 20.9 Å². The van der Waals surface area contributed by atoms with Gasteiger partial charge in [0.25, 0.3) is 10.0 Å². The van der Waals surface area contributed by atoms with Gasteiger partial charge in [0.2, 0.25) is 5.88 Å². The lowest BCUT2D eigenvalue weighted by atomic mass is 10.4. The van der Waals surface area contributed by atoms with Crippen molar-refractivity contribution < 1.29 is 13.2 Å². The summed E-state index contributed by atoms with van der Waals surface area (Å²) in [6, 6.07) is 5.66. The molecule has 0 saturated carbocycles. The van der Waals surface area contributed by atoms with Crippen molar-refractivity contribution in [3.8, 4) is 5.88 Å². The van der Waals surface area contributed by atoms with Gasteiger partial charge in [-0.15, -0.1) is 0 Å². The standard InChI is InChI=1S/C11H9Cl2N3O3S/c1-19-10-5-2-7(6-14-10)16-20(17,18)8-3-4-9(12)15-11(8)13/h2-6,16H,1H3. The maximum atomic E-state index is 12.2. The molecule has 0 radical (unpaired) electrons. The van der Waals surface area contributed by atoms with Crippen LogP contribution in [0.4, 0.5) is 5.69 Å². The zero-order valence-corrected chi connectivity index (χ0v) is 12.5. The normalized spacial score (nSPS) is 11.2. The molecule has 106 valence electrons. The molecule has 0 unspecified atom stereocenters. The van der Waals surface area contributed by atoms with Gasteiger partial charge in [-0.1, -0.05) is 23.2 Å². The molecule has 0 bridgehead atoms. The summed E-state index contributed by atoms with van der Waals surface area (Å²) in [6.45, 7) is 0. The van der Waals surface area contributed by atoms with E-state index in [1.165, 1.54) is 37.6 Å². The number of sulfonamides is 1. The van der Waals surface area contributed by atoms with Crippen molar-refractivity contribution in [2.75, 3.05) is 11.8 Å². The summed E-state index contributed by atoms with van der Waals surface area (Å²) in [6.07, 6.45) is 1.33. The fraction of sp³-hybridized carbons (Fsp3) is 0.0909. The number of hydrogen-bond donors (Lipinski definition) is 1. The first-order valence-corrected chi connectivity index (χ1v) is 7.51. The third kappa shape index (κ3) is 3.30. The molecule has 0 saturated heterocycles. The summed E-state index contributed by atoms with van der Waals surface area (Å²) in [5, 5.41) is -0.0912. The van der Waals surface area contributed by atoms with Crippen LogP contribution in [0.1, 0.15) is 0 Å². The number of pyridine rings is 2. The maximum absolute atomic E-state index is 12.2. The van der Waals surface area contributed by atoms with Crippen LogP contribution in [0.3, 0.4) is 0 Å². The molecule has 0 aliphatic heterocycles. The molecular formula is C11H9Cl2N3O3S. The van der Waals surface area contributed by atoms with Crippen LogP contribution in [0.5, 0.6) is 5.88 Å².